The Hall–Kier alpha value is -2.72. The van der Waals surface area contributed by atoms with Crippen LogP contribution in [-0.4, -0.2) is 46.1 Å². The molecule has 1 heterocycles. The van der Waals surface area contributed by atoms with Gasteiger partial charge < -0.3 is 25.1 Å². The molecule has 8 nitrogen and oxygen atoms in total. The summed E-state index contributed by atoms with van der Waals surface area (Å²) in [5, 5.41) is 23.4. The van der Waals surface area contributed by atoms with Crippen LogP contribution in [0.25, 0.3) is 6.08 Å². The minimum Gasteiger partial charge on any atom is -0.550 e. The molecular formula is C16H12N2O6S2-2. The van der Waals surface area contributed by atoms with E-state index >= 15 is 0 Å². The summed E-state index contributed by atoms with van der Waals surface area (Å²) < 4.78 is 0.443. The first-order valence-electron chi connectivity index (χ1n) is 7.22. The summed E-state index contributed by atoms with van der Waals surface area (Å²) >= 11 is 6.19. The van der Waals surface area contributed by atoms with Crippen LogP contribution in [0.3, 0.4) is 0 Å². The van der Waals surface area contributed by atoms with Crippen LogP contribution in [0.4, 0.5) is 0 Å². The Morgan fingerprint density at radius 3 is 2.35 bits per heavy atom. The second-order valence-corrected chi connectivity index (χ2v) is 6.96. The number of amides is 2. The van der Waals surface area contributed by atoms with E-state index in [0.29, 0.717) is 14.8 Å². The van der Waals surface area contributed by atoms with Gasteiger partial charge in [0.05, 0.1) is 16.9 Å². The molecule has 1 fully saturated rings. The predicted octanol–water partition coefficient (Wildman–Crippen LogP) is -1.49. The molecule has 0 unspecified atom stereocenters. The van der Waals surface area contributed by atoms with Crippen LogP contribution in [0.5, 0.6) is 0 Å². The summed E-state index contributed by atoms with van der Waals surface area (Å²) in [4.78, 5) is 47.1. The largest absolute Gasteiger partial charge is 0.550 e. The van der Waals surface area contributed by atoms with Gasteiger partial charge in [0.25, 0.3) is 11.8 Å². The van der Waals surface area contributed by atoms with Crippen LogP contribution in [0, 0.1) is 0 Å². The molecule has 136 valence electrons. The lowest BCUT2D eigenvalue weighted by Gasteiger charge is -2.20. The molecule has 1 saturated heterocycles. The zero-order chi connectivity index (χ0) is 19.4. The van der Waals surface area contributed by atoms with E-state index in [9.17, 15) is 29.4 Å². The number of carbonyl (C=O) groups excluding carboxylic acids is 4. The SMILES string of the molecule is CN1C(=O)/C(=C\c2ccc(C(=O)N[C@@H](CC(=O)[O-])C(=O)[O-])cc2)SC1=S. The van der Waals surface area contributed by atoms with Crippen LogP contribution in [-0.2, 0) is 14.4 Å². The molecule has 10 heteroatoms. The van der Waals surface area contributed by atoms with Crippen LogP contribution in [0.2, 0.25) is 0 Å². The number of aliphatic carboxylic acids is 2. The number of nitrogens with one attached hydrogen (secondary N) is 1. The number of carbonyl (C=O) groups is 4. The number of thioether (sulfide) groups is 1. The fourth-order valence-electron chi connectivity index (χ4n) is 2.03. The van der Waals surface area contributed by atoms with Gasteiger partial charge in [0.2, 0.25) is 0 Å². The van der Waals surface area contributed by atoms with Crippen molar-refractivity contribution in [2.45, 2.75) is 12.5 Å². The maximum Gasteiger partial charge on any atom is 0.265 e. The topological polar surface area (TPSA) is 130 Å². The second kappa shape index (κ2) is 8.11. The lowest BCUT2D eigenvalue weighted by Crippen LogP contribution is -2.50. The summed E-state index contributed by atoms with van der Waals surface area (Å²) in [5.74, 6) is -4.34. The molecule has 1 aliphatic rings. The summed E-state index contributed by atoms with van der Waals surface area (Å²) in [6.07, 6.45) is 0.718. The third kappa shape index (κ3) is 4.67. The molecule has 0 radical (unpaired) electrons. The molecule has 1 aromatic carbocycles. The Kier molecular flexibility index (Phi) is 6.11. The lowest BCUT2D eigenvalue weighted by molar-refractivity contribution is -0.317. The van der Waals surface area contributed by atoms with E-state index in [-0.39, 0.29) is 11.5 Å². The van der Waals surface area contributed by atoms with E-state index in [1.165, 1.54) is 17.0 Å². The normalized spacial score (nSPS) is 16.7. The minimum atomic E-state index is -1.72. The molecule has 2 amide bonds. The molecule has 1 N–H and O–H groups in total. The molecule has 26 heavy (non-hydrogen) atoms. The molecule has 0 bridgehead atoms. The van der Waals surface area contributed by atoms with Gasteiger partial charge in [-0.25, -0.2) is 0 Å². The van der Waals surface area contributed by atoms with Crippen LogP contribution in [0.1, 0.15) is 22.3 Å². The number of nitrogens with zero attached hydrogens (tertiary/aromatic N) is 1. The third-order valence-electron chi connectivity index (χ3n) is 3.42. The van der Waals surface area contributed by atoms with Crippen molar-refractivity contribution in [1.82, 2.24) is 10.2 Å². The van der Waals surface area contributed by atoms with Gasteiger partial charge in [0.15, 0.2) is 0 Å². The standard InChI is InChI=1S/C16H14N2O6S2/c1-18-14(22)11(26-16(18)25)6-8-2-4-9(5-3-8)13(21)17-10(15(23)24)7-12(19)20/h2-6,10H,7H2,1H3,(H,17,21)(H,19,20)(H,23,24)/p-2/b11-6+/t10-/m0/s1. The predicted molar refractivity (Wildman–Crippen MR) is 93.3 cm³/mol. The third-order valence-corrected chi connectivity index (χ3v) is 4.90. The van der Waals surface area contributed by atoms with Gasteiger partial charge in [-0.2, -0.15) is 0 Å². The molecule has 0 spiro atoms. The van der Waals surface area contributed by atoms with E-state index in [4.69, 9.17) is 12.2 Å². The van der Waals surface area contributed by atoms with E-state index < -0.39 is 30.3 Å². The van der Waals surface area contributed by atoms with Crippen molar-refractivity contribution in [3.8, 4) is 0 Å². The Balaban J connectivity index is 2.10. The Bertz CT molecular complexity index is 819. The fraction of sp³-hybridized carbons (Fsp3) is 0.188. The molecule has 1 aliphatic heterocycles. The zero-order valence-corrected chi connectivity index (χ0v) is 15.0. The number of hydrogen-bond donors (Lipinski definition) is 1. The Labute approximate surface area is 157 Å². The Morgan fingerprint density at radius 2 is 1.88 bits per heavy atom. The van der Waals surface area contributed by atoms with Gasteiger partial charge in [-0.15, -0.1) is 0 Å². The molecule has 2 rings (SSSR count). The average Bonchev–Trinajstić information content (AvgIpc) is 2.81. The number of carboxylic acids is 2. The maximum atomic E-state index is 12.0. The van der Waals surface area contributed by atoms with Crippen LogP contribution >= 0.6 is 24.0 Å². The first kappa shape index (κ1) is 19.6. The molecule has 1 aromatic rings. The molecule has 1 atom stereocenters. The van der Waals surface area contributed by atoms with E-state index in [1.807, 2.05) is 0 Å². The highest BCUT2D eigenvalue weighted by atomic mass is 32.2. The highest BCUT2D eigenvalue weighted by molar-refractivity contribution is 8.26. The fourth-order valence-corrected chi connectivity index (χ4v) is 3.21. The van der Waals surface area contributed by atoms with Crippen molar-refractivity contribution in [3.05, 3.63) is 40.3 Å². The number of carboxylic acid groups (broad SMARTS) is 2. The van der Waals surface area contributed by atoms with E-state index in [1.54, 1.807) is 25.3 Å². The highest BCUT2D eigenvalue weighted by Crippen LogP contribution is 2.31. The van der Waals surface area contributed by atoms with Crippen molar-refractivity contribution in [3.63, 3.8) is 0 Å². The van der Waals surface area contributed by atoms with E-state index in [0.717, 1.165) is 11.8 Å². The summed E-state index contributed by atoms with van der Waals surface area (Å²) in [5.41, 5.74) is 0.761. The molecule has 0 aromatic heterocycles. The van der Waals surface area contributed by atoms with E-state index in [2.05, 4.69) is 5.32 Å². The number of thiocarbonyl (C=S) groups is 1. The van der Waals surface area contributed by atoms with Gasteiger partial charge in [0.1, 0.15) is 4.32 Å². The number of likely N-dealkylation sites (N-methyl/N-ethyl adjacent to an activating group) is 1. The summed E-state index contributed by atoms with van der Waals surface area (Å²) in [6.45, 7) is 0. The first-order chi connectivity index (χ1) is 12.2. The second-order valence-electron chi connectivity index (χ2n) is 5.28. The van der Waals surface area contributed by atoms with Crippen molar-refractivity contribution < 1.29 is 29.4 Å². The highest BCUT2D eigenvalue weighted by Gasteiger charge is 2.28. The zero-order valence-electron chi connectivity index (χ0n) is 13.4. The van der Waals surface area contributed by atoms with Gasteiger partial charge in [-0.05, 0) is 23.8 Å². The van der Waals surface area contributed by atoms with Crippen molar-refractivity contribution in [2.24, 2.45) is 0 Å². The number of rotatable bonds is 6. The Morgan fingerprint density at radius 1 is 1.27 bits per heavy atom. The van der Waals surface area contributed by atoms with Gasteiger partial charge >= 0.3 is 0 Å². The maximum absolute atomic E-state index is 12.0. The molecular weight excluding hydrogens is 380 g/mol. The molecule has 0 aliphatic carbocycles. The lowest BCUT2D eigenvalue weighted by atomic mass is 10.1. The van der Waals surface area contributed by atoms with Gasteiger partial charge in [0, 0.05) is 25.0 Å². The van der Waals surface area contributed by atoms with Gasteiger partial charge in [-0.3, -0.25) is 14.5 Å². The monoisotopic (exact) mass is 392 g/mol. The van der Waals surface area contributed by atoms with Crippen molar-refractivity contribution in [2.75, 3.05) is 7.05 Å². The smallest absolute Gasteiger partial charge is 0.265 e. The van der Waals surface area contributed by atoms with Gasteiger partial charge in [-0.1, -0.05) is 36.1 Å². The molecule has 0 saturated carbocycles. The van der Waals surface area contributed by atoms with Crippen LogP contribution in [0.15, 0.2) is 29.2 Å². The minimum absolute atomic E-state index is 0.120. The first-order valence-corrected chi connectivity index (χ1v) is 8.44. The number of hydrogen-bond acceptors (Lipinski definition) is 8. The van der Waals surface area contributed by atoms with Crippen molar-refractivity contribution >= 4 is 58.1 Å². The summed E-state index contributed by atoms with van der Waals surface area (Å²) in [7, 11) is 1.58. The van der Waals surface area contributed by atoms with Crippen molar-refractivity contribution in [1.29, 1.82) is 0 Å². The summed E-state index contributed by atoms with van der Waals surface area (Å²) in [6, 6.07) is 4.25. The quantitative estimate of drug-likeness (QED) is 0.458. The average molecular weight is 392 g/mol. The number of benzene rings is 1. The van der Waals surface area contributed by atoms with Crippen LogP contribution < -0.4 is 15.5 Å².